The number of carbonyl (C=O) groups excluding carboxylic acids is 1. The van der Waals surface area contributed by atoms with Crippen LogP contribution >= 0.6 is 0 Å². The first kappa shape index (κ1) is 10.8. The second-order valence-corrected chi connectivity index (χ2v) is 3.96. The van der Waals surface area contributed by atoms with E-state index in [-0.39, 0.29) is 5.91 Å². The van der Waals surface area contributed by atoms with Crippen molar-refractivity contribution in [3.05, 3.63) is 29.6 Å². The van der Waals surface area contributed by atoms with Gasteiger partial charge in [-0.05, 0) is 0 Å². The summed E-state index contributed by atoms with van der Waals surface area (Å²) in [5.41, 5.74) is 3.62. The van der Waals surface area contributed by atoms with Crippen molar-refractivity contribution in [3.63, 3.8) is 0 Å². The van der Waals surface area contributed by atoms with Gasteiger partial charge in [0.2, 0.25) is 5.91 Å². The Labute approximate surface area is 99.9 Å². The Hall–Kier alpha value is -2.31. The predicted octanol–water partition coefficient (Wildman–Crippen LogP) is 1.46. The van der Waals surface area contributed by atoms with E-state index < -0.39 is 11.6 Å². The van der Waals surface area contributed by atoms with E-state index in [4.69, 9.17) is 0 Å². The van der Waals surface area contributed by atoms with Gasteiger partial charge in [0.15, 0.2) is 17.5 Å². The minimum absolute atomic E-state index is 0.160. The summed E-state index contributed by atoms with van der Waals surface area (Å²) in [5.74, 6) is -1.63. The molecule has 0 aliphatic carbocycles. The summed E-state index contributed by atoms with van der Waals surface area (Å²) < 4.78 is 26.1. The van der Waals surface area contributed by atoms with Crippen molar-refractivity contribution in [1.82, 2.24) is 15.4 Å². The smallest absolute Gasteiger partial charge is 0.240 e. The second kappa shape index (κ2) is 3.86. The first-order valence-corrected chi connectivity index (χ1v) is 5.34. The standard InChI is InChI=1S/C11H8F2N4O/c12-5-3-8-9(4-6(5)13)15-11(14-8)7-1-2-10(18)17-16-7/h3-4H,1-2H2,(H,14,15)(H,17,18). The van der Waals surface area contributed by atoms with Crippen LogP contribution in [0.5, 0.6) is 0 Å². The first-order chi connectivity index (χ1) is 8.63. The molecule has 1 amide bonds. The molecule has 0 unspecified atom stereocenters. The van der Waals surface area contributed by atoms with E-state index in [0.717, 1.165) is 12.1 Å². The van der Waals surface area contributed by atoms with Crippen molar-refractivity contribution < 1.29 is 13.6 Å². The molecule has 0 saturated carbocycles. The molecule has 5 nitrogen and oxygen atoms in total. The molecule has 0 bridgehead atoms. The number of benzene rings is 1. The highest BCUT2D eigenvalue weighted by atomic mass is 19.2. The summed E-state index contributed by atoms with van der Waals surface area (Å²) in [4.78, 5) is 17.9. The molecule has 0 fully saturated rings. The van der Waals surface area contributed by atoms with Crippen molar-refractivity contribution in [2.24, 2.45) is 5.10 Å². The fourth-order valence-electron chi connectivity index (χ4n) is 1.79. The summed E-state index contributed by atoms with van der Waals surface area (Å²) in [6.45, 7) is 0. The molecule has 1 aliphatic heterocycles. The van der Waals surface area contributed by atoms with E-state index in [1.807, 2.05) is 0 Å². The Kier molecular flexibility index (Phi) is 2.32. The van der Waals surface area contributed by atoms with Crippen molar-refractivity contribution in [1.29, 1.82) is 0 Å². The second-order valence-electron chi connectivity index (χ2n) is 3.96. The van der Waals surface area contributed by atoms with Crippen LogP contribution in [0, 0.1) is 11.6 Å². The summed E-state index contributed by atoms with van der Waals surface area (Å²) in [7, 11) is 0. The molecule has 0 radical (unpaired) electrons. The summed E-state index contributed by atoms with van der Waals surface area (Å²) in [6, 6.07) is 2.07. The van der Waals surface area contributed by atoms with Crippen LogP contribution in [0.15, 0.2) is 17.2 Å². The Morgan fingerprint density at radius 2 is 1.94 bits per heavy atom. The number of H-pyrrole nitrogens is 1. The van der Waals surface area contributed by atoms with E-state index in [1.54, 1.807) is 0 Å². The fourth-order valence-corrected chi connectivity index (χ4v) is 1.79. The van der Waals surface area contributed by atoms with Gasteiger partial charge < -0.3 is 4.98 Å². The highest BCUT2D eigenvalue weighted by Crippen LogP contribution is 2.18. The monoisotopic (exact) mass is 250 g/mol. The largest absolute Gasteiger partial charge is 0.337 e. The van der Waals surface area contributed by atoms with E-state index in [9.17, 15) is 13.6 Å². The van der Waals surface area contributed by atoms with Crippen molar-refractivity contribution in [3.8, 4) is 0 Å². The minimum Gasteiger partial charge on any atom is -0.337 e. The minimum atomic E-state index is -0.945. The quantitative estimate of drug-likeness (QED) is 0.804. The van der Waals surface area contributed by atoms with E-state index >= 15 is 0 Å². The summed E-state index contributed by atoms with van der Waals surface area (Å²) >= 11 is 0. The first-order valence-electron chi connectivity index (χ1n) is 5.34. The summed E-state index contributed by atoms with van der Waals surface area (Å²) in [6.07, 6.45) is 0.759. The highest BCUT2D eigenvalue weighted by molar-refractivity contribution is 6.03. The van der Waals surface area contributed by atoms with Crippen molar-refractivity contribution in [2.45, 2.75) is 12.8 Å². The van der Waals surface area contributed by atoms with Gasteiger partial charge in [0.25, 0.3) is 0 Å². The lowest BCUT2D eigenvalue weighted by Crippen LogP contribution is -2.26. The number of hydrogen-bond donors (Lipinski definition) is 2. The molecule has 3 rings (SSSR count). The molecular weight excluding hydrogens is 242 g/mol. The van der Waals surface area contributed by atoms with E-state index in [0.29, 0.717) is 35.4 Å². The van der Waals surface area contributed by atoms with Gasteiger partial charge in [0.05, 0.1) is 11.0 Å². The number of amides is 1. The maximum atomic E-state index is 13.0. The third-order valence-electron chi connectivity index (χ3n) is 2.70. The van der Waals surface area contributed by atoms with E-state index in [1.165, 1.54) is 0 Å². The van der Waals surface area contributed by atoms with Gasteiger partial charge in [0, 0.05) is 25.0 Å². The SMILES string of the molecule is O=C1CCC(c2nc3cc(F)c(F)cc3[nH]2)=NN1. The molecule has 2 N–H and O–H groups in total. The molecule has 0 saturated heterocycles. The molecule has 0 spiro atoms. The molecule has 2 aromatic rings. The fraction of sp³-hybridized carbons (Fsp3) is 0.182. The highest BCUT2D eigenvalue weighted by Gasteiger charge is 2.17. The van der Waals surface area contributed by atoms with Gasteiger partial charge in [-0.15, -0.1) is 0 Å². The number of hydrogen-bond acceptors (Lipinski definition) is 3. The summed E-state index contributed by atoms with van der Waals surface area (Å²) in [5, 5.41) is 3.86. The predicted molar refractivity (Wildman–Crippen MR) is 59.9 cm³/mol. The number of nitrogens with zero attached hydrogens (tertiary/aromatic N) is 2. The number of aromatic nitrogens is 2. The van der Waals surface area contributed by atoms with Crippen molar-refractivity contribution >= 4 is 22.7 Å². The molecule has 1 aromatic heterocycles. The molecule has 1 aliphatic rings. The number of nitrogens with one attached hydrogen (secondary N) is 2. The topological polar surface area (TPSA) is 70.1 Å². The Balaban J connectivity index is 2.06. The third kappa shape index (κ3) is 1.73. The normalized spacial score (nSPS) is 15.7. The molecule has 1 aromatic carbocycles. The Morgan fingerprint density at radius 3 is 2.67 bits per heavy atom. The molecule has 92 valence electrons. The zero-order chi connectivity index (χ0) is 12.7. The number of fused-ring (bicyclic) bond motifs is 1. The van der Waals surface area contributed by atoms with Gasteiger partial charge in [-0.3, -0.25) is 4.79 Å². The van der Waals surface area contributed by atoms with Crippen LogP contribution in [-0.2, 0) is 4.79 Å². The van der Waals surface area contributed by atoms with Gasteiger partial charge in [-0.2, -0.15) is 5.10 Å². The van der Waals surface area contributed by atoms with Crippen LogP contribution < -0.4 is 5.43 Å². The molecule has 2 heterocycles. The lowest BCUT2D eigenvalue weighted by molar-refractivity contribution is -0.121. The zero-order valence-corrected chi connectivity index (χ0v) is 9.13. The average Bonchev–Trinajstić information content (AvgIpc) is 2.73. The van der Waals surface area contributed by atoms with Gasteiger partial charge in [0.1, 0.15) is 5.71 Å². The lowest BCUT2D eigenvalue weighted by Gasteiger charge is -2.08. The zero-order valence-electron chi connectivity index (χ0n) is 9.13. The molecule has 7 heteroatoms. The number of halogens is 2. The number of rotatable bonds is 1. The number of hydrazone groups is 1. The van der Waals surface area contributed by atoms with Gasteiger partial charge in [-0.1, -0.05) is 0 Å². The third-order valence-corrected chi connectivity index (χ3v) is 2.70. The average molecular weight is 250 g/mol. The van der Waals surface area contributed by atoms with E-state index in [2.05, 4.69) is 20.5 Å². The van der Waals surface area contributed by atoms with Crippen LogP contribution in [-0.4, -0.2) is 21.6 Å². The maximum Gasteiger partial charge on any atom is 0.240 e. The van der Waals surface area contributed by atoms with Crippen molar-refractivity contribution in [2.75, 3.05) is 0 Å². The van der Waals surface area contributed by atoms with Crippen LogP contribution in [0.1, 0.15) is 18.7 Å². The van der Waals surface area contributed by atoms with Gasteiger partial charge >= 0.3 is 0 Å². The number of aromatic amines is 1. The molecular formula is C11H8F2N4O. The van der Waals surface area contributed by atoms with Crippen LogP contribution in [0.4, 0.5) is 8.78 Å². The number of imidazole rings is 1. The maximum absolute atomic E-state index is 13.0. The lowest BCUT2D eigenvalue weighted by atomic mass is 10.2. The Bertz CT molecular complexity index is 638. The van der Waals surface area contributed by atoms with Gasteiger partial charge in [-0.25, -0.2) is 19.2 Å². The molecule has 0 atom stereocenters. The van der Waals surface area contributed by atoms with Crippen LogP contribution in [0.2, 0.25) is 0 Å². The van der Waals surface area contributed by atoms with Crippen LogP contribution in [0.25, 0.3) is 11.0 Å². The number of carbonyl (C=O) groups is 1. The Morgan fingerprint density at radius 1 is 1.17 bits per heavy atom. The molecule has 18 heavy (non-hydrogen) atoms. The van der Waals surface area contributed by atoms with Crippen LogP contribution in [0.3, 0.4) is 0 Å².